The van der Waals surface area contributed by atoms with Gasteiger partial charge in [-0.1, -0.05) is 37.1 Å². The zero-order valence-corrected chi connectivity index (χ0v) is 15.5. The minimum Gasteiger partial charge on any atom is -0.332 e. The van der Waals surface area contributed by atoms with Crippen LogP contribution in [0.4, 0.5) is 5.69 Å². The molecule has 0 aliphatic carbocycles. The average molecular weight is 340 g/mol. The number of hydrogen-bond acceptors (Lipinski definition) is 3. The van der Waals surface area contributed by atoms with Crippen molar-refractivity contribution in [1.29, 1.82) is 0 Å². The van der Waals surface area contributed by atoms with Crippen LogP contribution in [0.25, 0.3) is 11.1 Å². The van der Waals surface area contributed by atoms with Crippen molar-refractivity contribution in [3.63, 3.8) is 0 Å². The van der Waals surface area contributed by atoms with Gasteiger partial charge in [0.2, 0.25) is 0 Å². The van der Waals surface area contributed by atoms with Crippen LogP contribution in [0.3, 0.4) is 0 Å². The van der Waals surface area contributed by atoms with Gasteiger partial charge < -0.3 is 9.62 Å². The molecule has 0 fully saturated rings. The lowest BCUT2D eigenvalue weighted by Crippen LogP contribution is -2.32. The second kappa shape index (κ2) is 6.89. The Morgan fingerprint density at radius 1 is 1.25 bits per heavy atom. The summed E-state index contributed by atoms with van der Waals surface area (Å²) in [5.41, 5.74) is 6.57. The van der Waals surface area contributed by atoms with E-state index in [0.717, 1.165) is 35.3 Å². The van der Waals surface area contributed by atoms with Crippen molar-refractivity contribution in [3.8, 4) is 11.1 Å². The van der Waals surface area contributed by atoms with Crippen molar-refractivity contribution in [1.82, 2.24) is 4.90 Å². The molecule has 126 valence electrons. The van der Waals surface area contributed by atoms with E-state index in [1.807, 2.05) is 18.1 Å². The first-order valence-electron chi connectivity index (χ1n) is 8.39. The summed E-state index contributed by atoms with van der Waals surface area (Å²) < 4.78 is 3.28. The lowest BCUT2D eigenvalue weighted by Gasteiger charge is -2.22. The molecule has 1 heterocycles. The first kappa shape index (κ1) is 16.9. The van der Waals surface area contributed by atoms with Gasteiger partial charge in [0.05, 0.1) is 0 Å². The fourth-order valence-electron chi connectivity index (χ4n) is 3.31. The Morgan fingerprint density at radius 3 is 2.75 bits per heavy atom. The summed E-state index contributed by atoms with van der Waals surface area (Å²) >= 11 is 1.59. The molecule has 0 saturated carbocycles. The van der Waals surface area contributed by atoms with E-state index >= 15 is 0 Å². The number of nitrogens with one attached hydrogen (secondary N) is 1. The highest BCUT2D eigenvalue weighted by Gasteiger charge is 2.31. The smallest absolute Gasteiger partial charge is 0.255 e. The lowest BCUT2D eigenvalue weighted by atomic mass is 9.96. The molecule has 0 saturated heterocycles. The van der Waals surface area contributed by atoms with Crippen molar-refractivity contribution < 1.29 is 4.79 Å². The maximum atomic E-state index is 12.7. The van der Waals surface area contributed by atoms with Crippen molar-refractivity contribution in [2.45, 2.75) is 39.8 Å². The van der Waals surface area contributed by atoms with E-state index in [1.165, 1.54) is 11.1 Å². The molecule has 2 aromatic rings. The number of benzene rings is 2. The van der Waals surface area contributed by atoms with Crippen LogP contribution in [0.1, 0.15) is 41.8 Å². The minimum absolute atomic E-state index is 0.182. The molecule has 24 heavy (non-hydrogen) atoms. The summed E-state index contributed by atoms with van der Waals surface area (Å²) in [5.74, 6) is 0.182. The highest BCUT2D eigenvalue weighted by molar-refractivity contribution is 7.99. The number of carbonyl (C=O) groups is 1. The quantitative estimate of drug-likeness (QED) is 0.768. The zero-order chi connectivity index (χ0) is 17.3. The summed E-state index contributed by atoms with van der Waals surface area (Å²) in [5, 5.41) is 0. The maximum Gasteiger partial charge on any atom is 0.255 e. The third-order valence-corrected chi connectivity index (χ3v) is 5.21. The van der Waals surface area contributed by atoms with Gasteiger partial charge in [-0.05, 0) is 60.7 Å². The van der Waals surface area contributed by atoms with Gasteiger partial charge in [0, 0.05) is 30.1 Å². The van der Waals surface area contributed by atoms with E-state index in [4.69, 9.17) is 0 Å². The first-order valence-corrected chi connectivity index (χ1v) is 9.61. The highest BCUT2D eigenvalue weighted by atomic mass is 32.2. The van der Waals surface area contributed by atoms with Crippen molar-refractivity contribution >= 4 is 23.5 Å². The fourth-order valence-corrected chi connectivity index (χ4v) is 3.68. The molecular formula is C20H24N2OS. The second-order valence-electron chi connectivity index (χ2n) is 6.40. The SMILES string of the molecule is CCC(C)N1Cc2cc(-c3cccc(NSC)c3)cc(C)c2C1=O. The first-order chi connectivity index (χ1) is 11.5. The summed E-state index contributed by atoms with van der Waals surface area (Å²) in [6, 6.07) is 13.0. The van der Waals surface area contributed by atoms with Gasteiger partial charge in [-0.25, -0.2) is 0 Å². The second-order valence-corrected chi connectivity index (χ2v) is 7.02. The fraction of sp³-hybridized carbons (Fsp3) is 0.350. The minimum atomic E-state index is 0.182. The van der Waals surface area contributed by atoms with Crippen molar-refractivity contribution in [2.24, 2.45) is 0 Å². The molecular weight excluding hydrogens is 316 g/mol. The van der Waals surface area contributed by atoms with Gasteiger partial charge in [0.1, 0.15) is 0 Å². The van der Waals surface area contributed by atoms with Gasteiger partial charge in [0.25, 0.3) is 5.91 Å². The van der Waals surface area contributed by atoms with E-state index in [0.29, 0.717) is 0 Å². The molecule has 2 aromatic carbocycles. The molecule has 0 aromatic heterocycles. The third kappa shape index (κ3) is 3.03. The van der Waals surface area contributed by atoms with Gasteiger partial charge in [-0.3, -0.25) is 4.79 Å². The standard InChI is InChI=1S/C20H24N2OS/c1-5-14(3)22-12-17-10-16(9-13(2)19(17)20(22)23)15-7-6-8-18(11-15)21-24-4/h6-11,14,21H,5,12H2,1-4H3. The molecule has 1 aliphatic rings. The van der Waals surface area contributed by atoms with Crippen LogP contribution in [-0.2, 0) is 6.54 Å². The number of fused-ring (bicyclic) bond motifs is 1. The van der Waals surface area contributed by atoms with E-state index in [-0.39, 0.29) is 11.9 Å². The molecule has 0 bridgehead atoms. The average Bonchev–Trinajstić information content (AvgIpc) is 2.92. The summed E-state index contributed by atoms with van der Waals surface area (Å²) in [6.07, 6.45) is 3.00. The highest BCUT2D eigenvalue weighted by Crippen LogP contribution is 2.33. The molecule has 3 rings (SSSR count). The summed E-state index contributed by atoms with van der Waals surface area (Å²) in [6.45, 7) is 7.02. The number of hydrogen-bond donors (Lipinski definition) is 1. The predicted octanol–water partition coefficient (Wildman–Crippen LogP) is 5.11. The normalized spacial score (nSPS) is 14.7. The van der Waals surface area contributed by atoms with Crippen molar-refractivity contribution in [3.05, 3.63) is 53.1 Å². The van der Waals surface area contributed by atoms with Crippen LogP contribution in [0.5, 0.6) is 0 Å². The van der Waals surface area contributed by atoms with Crippen LogP contribution in [0, 0.1) is 6.92 Å². The van der Waals surface area contributed by atoms with Gasteiger partial charge >= 0.3 is 0 Å². The van der Waals surface area contributed by atoms with Crippen LogP contribution in [-0.4, -0.2) is 23.1 Å². The number of carbonyl (C=O) groups excluding carboxylic acids is 1. The molecule has 1 aliphatic heterocycles. The molecule has 0 spiro atoms. The zero-order valence-electron chi connectivity index (χ0n) is 14.7. The molecule has 4 heteroatoms. The van der Waals surface area contributed by atoms with Crippen LogP contribution < -0.4 is 4.72 Å². The van der Waals surface area contributed by atoms with E-state index in [1.54, 1.807) is 11.9 Å². The number of amides is 1. The van der Waals surface area contributed by atoms with Crippen molar-refractivity contribution in [2.75, 3.05) is 11.0 Å². The van der Waals surface area contributed by atoms with Crippen LogP contribution in [0.15, 0.2) is 36.4 Å². The Hall–Kier alpha value is -1.94. The molecule has 1 amide bonds. The van der Waals surface area contributed by atoms with E-state index in [2.05, 4.69) is 55.0 Å². The number of nitrogens with zero attached hydrogens (tertiary/aromatic N) is 1. The summed E-state index contributed by atoms with van der Waals surface area (Å²) in [4.78, 5) is 14.7. The van der Waals surface area contributed by atoms with Crippen LogP contribution >= 0.6 is 11.9 Å². The van der Waals surface area contributed by atoms with Gasteiger partial charge in [-0.2, -0.15) is 0 Å². The number of anilines is 1. The Kier molecular flexibility index (Phi) is 4.86. The van der Waals surface area contributed by atoms with Gasteiger partial charge in [-0.15, -0.1) is 0 Å². The number of aryl methyl sites for hydroxylation is 1. The lowest BCUT2D eigenvalue weighted by molar-refractivity contribution is 0.0713. The largest absolute Gasteiger partial charge is 0.332 e. The number of rotatable bonds is 5. The Morgan fingerprint density at radius 2 is 2.04 bits per heavy atom. The maximum absolute atomic E-state index is 12.7. The molecule has 1 N–H and O–H groups in total. The Labute approximate surface area is 148 Å². The predicted molar refractivity (Wildman–Crippen MR) is 103 cm³/mol. The van der Waals surface area contributed by atoms with E-state index < -0.39 is 0 Å². The van der Waals surface area contributed by atoms with E-state index in [9.17, 15) is 4.79 Å². The summed E-state index contributed by atoms with van der Waals surface area (Å²) in [7, 11) is 0. The van der Waals surface area contributed by atoms with Crippen LogP contribution in [0.2, 0.25) is 0 Å². The monoisotopic (exact) mass is 340 g/mol. The third-order valence-electron chi connectivity index (χ3n) is 4.77. The molecule has 0 radical (unpaired) electrons. The Balaban J connectivity index is 1.99. The topological polar surface area (TPSA) is 32.3 Å². The van der Waals surface area contributed by atoms with Gasteiger partial charge in [0.15, 0.2) is 0 Å². The Bertz CT molecular complexity index is 772. The molecule has 3 nitrogen and oxygen atoms in total. The molecule has 1 atom stereocenters. The molecule has 1 unspecified atom stereocenters.